The summed E-state index contributed by atoms with van der Waals surface area (Å²) >= 11 is 0. The fourth-order valence-electron chi connectivity index (χ4n) is 3.68. The van der Waals surface area contributed by atoms with Gasteiger partial charge in [0.25, 0.3) is 5.91 Å². The molecule has 2 fully saturated rings. The number of anilines is 1. The van der Waals surface area contributed by atoms with Crippen LogP contribution in [-0.2, 0) is 11.0 Å². The van der Waals surface area contributed by atoms with E-state index in [-0.39, 0.29) is 18.6 Å². The van der Waals surface area contributed by atoms with E-state index in [1.165, 1.54) is 11.0 Å². The molecule has 0 bridgehead atoms. The summed E-state index contributed by atoms with van der Waals surface area (Å²) in [6, 6.07) is 2.02. The van der Waals surface area contributed by atoms with Crippen molar-refractivity contribution in [1.82, 2.24) is 20.1 Å². The standard InChI is InChI=1S/C20H28F3N5O2/c1-14(2)6-7-19(3)17(29)28(18(30)25-19)13-26-8-10-27(11-9-26)16-5-4-15(12-24-16)20(21,22)23/h4-5,12,14H,6-11,13H2,1-3H3,(H,25,30)/t19-/m0/s1. The second-order valence-electron chi connectivity index (χ2n) is 8.58. The maximum atomic E-state index is 12.8. The van der Waals surface area contributed by atoms with Crippen LogP contribution < -0.4 is 10.2 Å². The van der Waals surface area contributed by atoms with Crippen molar-refractivity contribution < 1.29 is 22.8 Å². The van der Waals surface area contributed by atoms with Gasteiger partial charge >= 0.3 is 12.2 Å². The summed E-state index contributed by atoms with van der Waals surface area (Å²) in [4.78, 5) is 34.3. The molecule has 0 radical (unpaired) electrons. The molecule has 0 spiro atoms. The molecule has 2 aliphatic rings. The molecule has 1 aromatic heterocycles. The van der Waals surface area contributed by atoms with Crippen LogP contribution in [-0.4, -0.2) is 65.1 Å². The fourth-order valence-corrected chi connectivity index (χ4v) is 3.68. The van der Waals surface area contributed by atoms with Crippen molar-refractivity contribution >= 4 is 17.8 Å². The highest BCUT2D eigenvalue weighted by molar-refractivity contribution is 6.06. The molecule has 0 unspecified atom stereocenters. The van der Waals surface area contributed by atoms with Gasteiger partial charge in [-0.25, -0.2) is 14.7 Å². The minimum atomic E-state index is -4.41. The van der Waals surface area contributed by atoms with Gasteiger partial charge < -0.3 is 10.2 Å². The normalized spacial score (nSPS) is 23.4. The van der Waals surface area contributed by atoms with E-state index in [2.05, 4.69) is 24.1 Å². The summed E-state index contributed by atoms with van der Waals surface area (Å²) in [5.74, 6) is 0.714. The molecule has 0 aliphatic carbocycles. The Hall–Kier alpha value is -2.36. The summed E-state index contributed by atoms with van der Waals surface area (Å²) in [6.07, 6.45) is -2.13. The number of urea groups is 1. The molecule has 2 aliphatic heterocycles. The molecular formula is C20H28F3N5O2. The largest absolute Gasteiger partial charge is 0.417 e. The molecule has 0 aromatic carbocycles. The molecule has 166 valence electrons. The Morgan fingerprint density at radius 2 is 1.83 bits per heavy atom. The number of halogens is 3. The van der Waals surface area contributed by atoms with Crippen LogP contribution in [0.15, 0.2) is 18.3 Å². The van der Waals surface area contributed by atoms with Gasteiger partial charge in [0, 0.05) is 32.4 Å². The van der Waals surface area contributed by atoms with Gasteiger partial charge in [-0.2, -0.15) is 13.2 Å². The molecular weight excluding hydrogens is 399 g/mol. The van der Waals surface area contributed by atoms with Crippen molar-refractivity contribution in [2.24, 2.45) is 5.92 Å². The highest BCUT2D eigenvalue weighted by atomic mass is 19.4. The third-order valence-electron chi connectivity index (χ3n) is 5.68. The number of imide groups is 1. The summed E-state index contributed by atoms with van der Waals surface area (Å²) in [7, 11) is 0. The Kier molecular flexibility index (Phi) is 6.26. The Morgan fingerprint density at radius 1 is 1.17 bits per heavy atom. The molecule has 7 nitrogen and oxygen atoms in total. The highest BCUT2D eigenvalue weighted by Gasteiger charge is 2.47. The number of amides is 3. The number of aromatic nitrogens is 1. The maximum absolute atomic E-state index is 12.8. The van der Waals surface area contributed by atoms with Crippen molar-refractivity contribution in [2.45, 2.75) is 45.3 Å². The second kappa shape index (κ2) is 8.41. The molecule has 1 N–H and O–H groups in total. The lowest BCUT2D eigenvalue weighted by molar-refractivity contribution is -0.137. The van der Waals surface area contributed by atoms with Crippen molar-refractivity contribution in [3.63, 3.8) is 0 Å². The predicted molar refractivity (Wildman–Crippen MR) is 106 cm³/mol. The van der Waals surface area contributed by atoms with E-state index >= 15 is 0 Å². The number of nitrogens with zero attached hydrogens (tertiary/aromatic N) is 4. The van der Waals surface area contributed by atoms with Gasteiger partial charge in [0.15, 0.2) is 0 Å². The Balaban J connectivity index is 1.54. The number of piperazine rings is 1. The number of hydrogen-bond acceptors (Lipinski definition) is 5. The van der Waals surface area contributed by atoms with Gasteiger partial charge in [-0.15, -0.1) is 0 Å². The van der Waals surface area contributed by atoms with Crippen molar-refractivity contribution in [2.75, 3.05) is 37.7 Å². The first-order valence-electron chi connectivity index (χ1n) is 10.1. The molecule has 3 amide bonds. The quantitative estimate of drug-likeness (QED) is 0.707. The molecule has 10 heteroatoms. The number of carbonyl (C=O) groups is 2. The van der Waals surface area contributed by atoms with E-state index in [0.717, 1.165) is 18.7 Å². The van der Waals surface area contributed by atoms with Gasteiger partial charge in [-0.05, 0) is 37.8 Å². The lowest BCUT2D eigenvalue weighted by Gasteiger charge is -2.36. The first-order chi connectivity index (χ1) is 14.0. The highest BCUT2D eigenvalue weighted by Crippen LogP contribution is 2.29. The van der Waals surface area contributed by atoms with E-state index in [9.17, 15) is 22.8 Å². The number of alkyl halides is 3. The third-order valence-corrected chi connectivity index (χ3v) is 5.68. The summed E-state index contributed by atoms with van der Waals surface area (Å²) < 4.78 is 38.1. The van der Waals surface area contributed by atoms with E-state index in [1.807, 2.05) is 9.80 Å². The van der Waals surface area contributed by atoms with Crippen molar-refractivity contribution in [3.05, 3.63) is 23.9 Å². The lowest BCUT2D eigenvalue weighted by atomic mass is 9.92. The van der Waals surface area contributed by atoms with E-state index in [1.54, 1.807) is 6.92 Å². The van der Waals surface area contributed by atoms with Crippen LogP contribution in [0.25, 0.3) is 0 Å². The summed E-state index contributed by atoms with van der Waals surface area (Å²) in [5, 5.41) is 2.83. The summed E-state index contributed by atoms with van der Waals surface area (Å²) in [5.41, 5.74) is -1.64. The SMILES string of the molecule is CC(C)CC[C@]1(C)NC(=O)N(CN2CCN(c3ccc(C(F)(F)F)cn3)CC2)C1=O. The first kappa shape index (κ1) is 22.3. The van der Waals surface area contributed by atoms with Crippen LogP contribution in [0.2, 0.25) is 0 Å². The Labute approximate surface area is 174 Å². The van der Waals surface area contributed by atoms with Crippen molar-refractivity contribution in [3.8, 4) is 0 Å². The van der Waals surface area contributed by atoms with Gasteiger partial charge in [-0.1, -0.05) is 13.8 Å². The van der Waals surface area contributed by atoms with Gasteiger partial charge in [0.2, 0.25) is 0 Å². The minimum Gasteiger partial charge on any atom is -0.354 e. The topological polar surface area (TPSA) is 68.8 Å². The monoisotopic (exact) mass is 427 g/mol. The molecule has 3 rings (SSSR count). The average molecular weight is 427 g/mol. The Morgan fingerprint density at radius 3 is 2.37 bits per heavy atom. The number of hydrogen-bond donors (Lipinski definition) is 1. The van der Waals surface area contributed by atoms with Gasteiger partial charge in [-0.3, -0.25) is 9.69 Å². The van der Waals surface area contributed by atoms with Crippen LogP contribution in [0.4, 0.5) is 23.8 Å². The van der Waals surface area contributed by atoms with Crippen LogP contribution in [0.1, 0.15) is 39.2 Å². The third kappa shape index (κ3) is 4.85. The van der Waals surface area contributed by atoms with Crippen LogP contribution in [0.5, 0.6) is 0 Å². The van der Waals surface area contributed by atoms with Gasteiger partial charge in [0.1, 0.15) is 11.4 Å². The molecule has 30 heavy (non-hydrogen) atoms. The van der Waals surface area contributed by atoms with Crippen LogP contribution in [0, 0.1) is 5.92 Å². The lowest BCUT2D eigenvalue weighted by Crippen LogP contribution is -2.52. The minimum absolute atomic E-state index is 0.205. The maximum Gasteiger partial charge on any atom is 0.417 e. The first-order valence-corrected chi connectivity index (χ1v) is 10.1. The molecule has 3 heterocycles. The zero-order valence-electron chi connectivity index (χ0n) is 17.5. The average Bonchev–Trinajstić information content (AvgIpc) is 2.90. The number of carbonyl (C=O) groups excluding carboxylic acids is 2. The smallest absolute Gasteiger partial charge is 0.354 e. The number of pyridine rings is 1. The fraction of sp³-hybridized carbons (Fsp3) is 0.650. The van der Waals surface area contributed by atoms with E-state index in [0.29, 0.717) is 44.3 Å². The summed E-state index contributed by atoms with van der Waals surface area (Å²) in [6.45, 7) is 8.37. The van der Waals surface area contributed by atoms with Crippen LogP contribution >= 0.6 is 0 Å². The molecule has 2 saturated heterocycles. The van der Waals surface area contributed by atoms with Crippen molar-refractivity contribution in [1.29, 1.82) is 0 Å². The molecule has 0 saturated carbocycles. The zero-order valence-corrected chi connectivity index (χ0v) is 17.5. The zero-order chi connectivity index (χ0) is 22.1. The number of rotatable bonds is 6. The van der Waals surface area contributed by atoms with Crippen LogP contribution in [0.3, 0.4) is 0 Å². The predicted octanol–water partition coefficient (Wildman–Crippen LogP) is 2.93. The molecule has 1 aromatic rings. The van der Waals surface area contributed by atoms with E-state index in [4.69, 9.17) is 0 Å². The second-order valence-corrected chi connectivity index (χ2v) is 8.58. The van der Waals surface area contributed by atoms with Gasteiger partial charge in [0.05, 0.1) is 12.2 Å². The Bertz CT molecular complexity index is 776. The number of nitrogens with one attached hydrogen (secondary N) is 1. The van der Waals surface area contributed by atoms with E-state index < -0.39 is 17.3 Å². The molecule has 1 atom stereocenters.